The molecular weight excluding hydrogens is 600 g/mol. The maximum Gasteiger partial charge on any atom is 0.435 e. The van der Waals surface area contributed by atoms with Gasteiger partial charge in [-0.1, -0.05) is 18.2 Å². The number of carbonyl (C=O) groups is 2. The first-order chi connectivity index (χ1) is 19.4. The van der Waals surface area contributed by atoms with Crippen molar-refractivity contribution >= 4 is 21.7 Å². The van der Waals surface area contributed by atoms with Crippen LogP contribution < -0.4 is 0 Å². The van der Waals surface area contributed by atoms with Crippen LogP contribution in [-0.4, -0.2) is 56.2 Å². The maximum absolute atomic E-state index is 14.9. The number of hydrazine groups is 1. The van der Waals surface area contributed by atoms with Gasteiger partial charge in [-0.15, -0.1) is 0 Å². The zero-order valence-electron chi connectivity index (χ0n) is 21.9. The van der Waals surface area contributed by atoms with Crippen molar-refractivity contribution in [2.24, 2.45) is 11.8 Å². The van der Waals surface area contributed by atoms with Crippen LogP contribution in [0.2, 0.25) is 0 Å². The molecule has 2 aromatic carbocycles. The fraction of sp³-hybridized carbons (Fsp3) is 0.481. The van der Waals surface area contributed by atoms with Crippen molar-refractivity contribution in [3.05, 3.63) is 65.0 Å². The van der Waals surface area contributed by atoms with Gasteiger partial charge in [0.05, 0.1) is 11.4 Å². The number of sulfone groups is 1. The zero-order chi connectivity index (χ0) is 31.0. The fourth-order valence-corrected chi connectivity index (χ4v) is 9.24. The number of hydrogen-bond acceptors (Lipinski definition) is 4. The highest BCUT2D eigenvalue weighted by atomic mass is 32.2. The molecule has 15 heteroatoms. The average Bonchev–Trinajstić information content (AvgIpc) is 3.47. The van der Waals surface area contributed by atoms with Crippen LogP contribution in [0.3, 0.4) is 0 Å². The molecule has 1 heterocycles. The minimum Gasteiger partial charge on any atom is -0.273 e. The minimum absolute atomic E-state index is 0.0260. The Kier molecular flexibility index (Phi) is 6.94. The Morgan fingerprint density at radius 3 is 2.10 bits per heavy atom. The largest absolute Gasteiger partial charge is 0.435 e. The van der Waals surface area contributed by atoms with E-state index in [4.69, 9.17) is 0 Å². The van der Waals surface area contributed by atoms with E-state index in [-0.39, 0.29) is 66.6 Å². The molecule has 0 aromatic heterocycles. The number of rotatable bonds is 4. The summed E-state index contributed by atoms with van der Waals surface area (Å²) >= 11 is 0. The number of aryl methyl sites for hydroxylation is 1. The molecule has 228 valence electrons. The molecule has 2 fully saturated rings. The van der Waals surface area contributed by atoms with Crippen molar-refractivity contribution in [3.8, 4) is 0 Å². The molecule has 2 aliphatic carbocycles. The van der Waals surface area contributed by atoms with E-state index < -0.39 is 61.7 Å². The summed E-state index contributed by atoms with van der Waals surface area (Å²) in [5, 5.41) is 2.31. The normalized spacial score (nSPS) is 25.0. The van der Waals surface area contributed by atoms with Gasteiger partial charge in [0.1, 0.15) is 10.6 Å². The Bertz CT molecular complexity index is 1530. The van der Waals surface area contributed by atoms with Crippen molar-refractivity contribution in [2.75, 3.05) is 13.6 Å². The summed E-state index contributed by atoms with van der Waals surface area (Å²) in [6.07, 6.45) is -13.3. The summed E-state index contributed by atoms with van der Waals surface area (Å²) in [5.74, 6) is -3.59. The standard InChI is InChI=1S/C27H24F8N2O4S/c1-36-22(38)11-13-37(36)23(39)19-10-12-24(42(40,41)18-6-4-17(28)5-7-18)20-9-3-16(14-15(20)2-8-21(19)24)25(29,26(30,31)32)27(33,34)35/h3-7,9,14,19,21H,2,8,10-13H2,1H3/t19-,21+,24-/m1/s1. The Morgan fingerprint density at radius 1 is 0.929 bits per heavy atom. The first-order valence-electron chi connectivity index (χ1n) is 12.9. The summed E-state index contributed by atoms with van der Waals surface area (Å²) < 4.78 is 136. The van der Waals surface area contributed by atoms with Crippen LogP contribution in [0.25, 0.3) is 0 Å². The summed E-state index contributed by atoms with van der Waals surface area (Å²) in [5.41, 5.74) is -7.82. The molecule has 3 aliphatic rings. The van der Waals surface area contributed by atoms with E-state index in [1.54, 1.807) is 0 Å². The molecule has 1 saturated carbocycles. The van der Waals surface area contributed by atoms with Gasteiger partial charge in [-0.3, -0.25) is 19.6 Å². The third kappa shape index (κ3) is 4.13. The average molecular weight is 625 g/mol. The first kappa shape index (κ1) is 30.2. The highest BCUT2D eigenvalue weighted by molar-refractivity contribution is 7.92. The van der Waals surface area contributed by atoms with Crippen LogP contribution in [-0.2, 0) is 36.3 Å². The van der Waals surface area contributed by atoms with Crippen molar-refractivity contribution in [2.45, 2.75) is 59.8 Å². The molecule has 0 radical (unpaired) electrons. The van der Waals surface area contributed by atoms with Crippen LogP contribution in [0.4, 0.5) is 35.1 Å². The molecule has 2 amide bonds. The number of hydrogen-bond donors (Lipinski definition) is 0. The minimum atomic E-state index is -6.36. The van der Waals surface area contributed by atoms with Crippen LogP contribution in [0.5, 0.6) is 0 Å². The second-order valence-corrected chi connectivity index (χ2v) is 13.0. The van der Waals surface area contributed by atoms with Gasteiger partial charge < -0.3 is 0 Å². The van der Waals surface area contributed by atoms with Gasteiger partial charge in [0, 0.05) is 24.9 Å². The molecular formula is C27H24F8N2O4S. The molecule has 0 bridgehead atoms. The van der Waals surface area contributed by atoms with Crippen molar-refractivity contribution in [3.63, 3.8) is 0 Å². The van der Waals surface area contributed by atoms with E-state index in [0.29, 0.717) is 6.07 Å². The first-order valence-corrected chi connectivity index (χ1v) is 14.4. The number of nitrogens with zero attached hydrogens (tertiary/aromatic N) is 2. The van der Waals surface area contributed by atoms with Gasteiger partial charge in [0.25, 0.3) is 0 Å². The lowest BCUT2D eigenvalue weighted by Gasteiger charge is -2.43. The van der Waals surface area contributed by atoms with E-state index in [1.807, 2.05) is 0 Å². The highest BCUT2D eigenvalue weighted by Crippen LogP contribution is 2.61. The summed E-state index contributed by atoms with van der Waals surface area (Å²) in [6.45, 7) is 0.0580. The molecule has 42 heavy (non-hydrogen) atoms. The molecule has 1 saturated heterocycles. The van der Waals surface area contributed by atoms with Crippen molar-refractivity contribution < 1.29 is 53.1 Å². The lowest BCUT2D eigenvalue weighted by molar-refractivity contribution is -0.348. The summed E-state index contributed by atoms with van der Waals surface area (Å²) in [7, 11) is -3.18. The Balaban J connectivity index is 1.68. The van der Waals surface area contributed by atoms with Gasteiger partial charge in [-0.05, 0) is 67.0 Å². The lowest BCUT2D eigenvalue weighted by atomic mass is 9.72. The molecule has 0 unspecified atom stereocenters. The maximum atomic E-state index is 14.9. The van der Waals surface area contributed by atoms with Gasteiger partial charge in [0.2, 0.25) is 11.8 Å². The zero-order valence-corrected chi connectivity index (χ0v) is 22.7. The number of halogens is 8. The predicted molar refractivity (Wildman–Crippen MR) is 130 cm³/mol. The highest BCUT2D eigenvalue weighted by Gasteiger charge is 2.74. The second kappa shape index (κ2) is 9.64. The summed E-state index contributed by atoms with van der Waals surface area (Å²) in [6, 6.07) is 5.20. The summed E-state index contributed by atoms with van der Waals surface area (Å²) in [4.78, 5) is 25.3. The molecule has 3 atom stereocenters. The van der Waals surface area contributed by atoms with E-state index in [1.165, 1.54) is 12.1 Å². The van der Waals surface area contributed by atoms with Gasteiger partial charge in [-0.25, -0.2) is 17.2 Å². The second-order valence-electron chi connectivity index (χ2n) is 10.8. The van der Waals surface area contributed by atoms with Gasteiger partial charge in [-0.2, -0.15) is 26.3 Å². The number of benzene rings is 2. The topological polar surface area (TPSA) is 74.8 Å². The lowest BCUT2D eigenvalue weighted by Crippen LogP contribution is -2.51. The van der Waals surface area contributed by atoms with Crippen molar-refractivity contribution in [1.29, 1.82) is 0 Å². The third-order valence-electron chi connectivity index (χ3n) is 8.81. The number of amides is 2. The molecule has 0 N–H and O–H groups in total. The van der Waals surface area contributed by atoms with Crippen LogP contribution in [0, 0.1) is 17.7 Å². The Morgan fingerprint density at radius 2 is 1.55 bits per heavy atom. The molecule has 1 aliphatic heterocycles. The Hall–Kier alpha value is -3.23. The van der Waals surface area contributed by atoms with Crippen LogP contribution in [0.15, 0.2) is 47.4 Å². The number of alkyl halides is 7. The van der Waals surface area contributed by atoms with Crippen molar-refractivity contribution in [1.82, 2.24) is 10.0 Å². The quantitative estimate of drug-likeness (QED) is 0.339. The van der Waals surface area contributed by atoms with E-state index in [2.05, 4.69) is 0 Å². The molecule has 0 spiro atoms. The number of fused-ring (bicyclic) bond motifs is 3. The SMILES string of the molecule is CN1C(=O)CCN1C(=O)[C@@H]1CC[C@@]2(S(=O)(=O)c3ccc(F)cc3)c3ccc(C(F)(C(F)(F)F)C(F)(F)F)cc3CC[C@@H]12. The van der Waals surface area contributed by atoms with E-state index in [9.17, 15) is 53.1 Å². The fourth-order valence-electron chi connectivity index (χ4n) is 6.77. The number of carbonyl (C=O) groups excluding carboxylic acids is 2. The third-order valence-corrected chi connectivity index (χ3v) is 11.4. The molecule has 2 aromatic rings. The molecule has 6 nitrogen and oxygen atoms in total. The predicted octanol–water partition coefficient (Wildman–Crippen LogP) is 5.36. The van der Waals surface area contributed by atoms with Crippen LogP contribution in [0.1, 0.15) is 42.4 Å². The van der Waals surface area contributed by atoms with E-state index in [0.717, 1.165) is 35.3 Å². The monoisotopic (exact) mass is 624 g/mol. The van der Waals surface area contributed by atoms with Gasteiger partial charge >= 0.3 is 18.0 Å². The Labute approximate surface area is 235 Å². The smallest absolute Gasteiger partial charge is 0.273 e. The molecule has 5 rings (SSSR count). The van der Waals surface area contributed by atoms with Gasteiger partial charge in [0.15, 0.2) is 9.84 Å². The van der Waals surface area contributed by atoms with Crippen LogP contribution >= 0.6 is 0 Å². The van der Waals surface area contributed by atoms with E-state index >= 15 is 0 Å².